The molecule has 1 aliphatic heterocycles. The molecule has 0 N–H and O–H groups in total. The van der Waals surface area contributed by atoms with Crippen molar-refractivity contribution in [2.45, 2.75) is 33.6 Å². The summed E-state index contributed by atoms with van der Waals surface area (Å²) >= 11 is 0. The highest BCUT2D eigenvalue weighted by Crippen LogP contribution is 2.29. The fourth-order valence-corrected chi connectivity index (χ4v) is 3.50. The van der Waals surface area contributed by atoms with Gasteiger partial charge in [-0.1, -0.05) is 25.5 Å². The second-order valence-electron chi connectivity index (χ2n) is 7.66. The Morgan fingerprint density at radius 2 is 1.78 bits per heavy atom. The van der Waals surface area contributed by atoms with Gasteiger partial charge in [0.1, 0.15) is 11.2 Å². The molecule has 0 atom stereocenters. The zero-order valence-corrected chi connectivity index (χ0v) is 17.3. The number of hydrogen-bond donors (Lipinski definition) is 0. The number of unbranched alkanes of at least 4 members (excludes halogenated alkanes) is 1. The number of piperazine rings is 1. The minimum atomic E-state index is -1.03. The Morgan fingerprint density at radius 3 is 2.37 bits per heavy atom. The molecule has 1 saturated heterocycles. The first-order chi connectivity index (χ1) is 12.8. The smallest absolute Gasteiger partial charge is 0.237 e. The Kier molecular flexibility index (Phi) is 7.11. The topological polar surface area (TPSA) is 53.1 Å². The van der Waals surface area contributed by atoms with Gasteiger partial charge in [-0.2, -0.15) is 0 Å². The maximum absolute atomic E-state index is 13.0. The van der Waals surface area contributed by atoms with Crippen LogP contribution in [0.25, 0.3) is 0 Å². The van der Waals surface area contributed by atoms with Crippen LogP contribution in [0.5, 0.6) is 5.75 Å². The van der Waals surface area contributed by atoms with Crippen molar-refractivity contribution in [3.05, 3.63) is 24.3 Å². The molecule has 2 rings (SSSR count). The van der Waals surface area contributed by atoms with E-state index in [9.17, 15) is 9.59 Å². The summed E-state index contributed by atoms with van der Waals surface area (Å²) in [6.45, 7) is 8.92. The van der Waals surface area contributed by atoms with Gasteiger partial charge in [0.2, 0.25) is 11.8 Å². The van der Waals surface area contributed by atoms with Crippen LogP contribution >= 0.6 is 0 Å². The maximum atomic E-state index is 13.0. The summed E-state index contributed by atoms with van der Waals surface area (Å²) in [5.74, 6) is 0.647. The van der Waals surface area contributed by atoms with Gasteiger partial charge >= 0.3 is 0 Å². The second kappa shape index (κ2) is 9.11. The molecule has 6 nitrogen and oxygen atoms in total. The second-order valence-corrected chi connectivity index (χ2v) is 7.66. The van der Waals surface area contributed by atoms with E-state index < -0.39 is 5.41 Å². The van der Waals surface area contributed by atoms with E-state index >= 15 is 0 Å². The first-order valence-corrected chi connectivity index (χ1v) is 9.75. The van der Waals surface area contributed by atoms with E-state index in [-0.39, 0.29) is 11.8 Å². The number of nitrogens with zero attached hydrogens (tertiary/aromatic N) is 3. The summed E-state index contributed by atoms with van der Waals surface area (Å²) in [7, 11) is 3.45. The van der Waals surface area contributed by atoms with Crippen molar-refractivity contribution in [3.63, 3.8) is 0 Å². The minimum Gasteiger partial charge on any atom is -0.495 e. The highest BCUT2D eigenvalue weighted by Gasteiger charge is 2.41. The number of rotatable bonds is 7. The monoisotopic (exact) mass is 375 g/mol. The molecule has 150 valence electrons. The fourth-order valence-electron chi connectivity index (χ4n) is 3.50. The summed E-state index contributed by atoms with van der Waals surface area (Å²) < 4.78 is 5.44. The van der Waals surface area contributed by atoms with E-state index in [0.29, 0.717) is 19.6 Å². The average Bonchev–Trinajstić information content (AvgIpc) is 2.70. The molecular weight excluding hydrogens is 342 g/mol. The molecule has 0 radical (unpaired) electrons. The Balaban J connectivity index is 2.00. The molecule has 27 heavy (non-hydrogen) atoms. The van der Waals surface area contributed by atoms with E-state index in [1.54, 1.807) is 32.9 Å². The van der Waals surface area contributed by atoms with E-state index in [2.05, 4.69) is 11.8 Å². The van der Waals surface area contributed by atoms with Crippen molar-refractivity contribution in [2.75, 3.05) is 51.8 Å². The van der Waals surface area contributed by atoms with Crippen LogP contribution in [0.3, 0.4) is 0 Å². The number of hydrogen-bond acceptors (Lipinski definition) is 4. The van der Waals surface area contributed by atoms with Gasteiger partial charge < -0.3 is 19.4 Å². The van der Waals surface area contributed by atoms with Crippen molar-refractivity contribution in [1.29, 1.82) is 0 Å². The van der Waals surface area contributed by atoms with Crippen LogP contribution in [-0.4, -0.2) is 68.5 Å². The summed E-state index contributed by atoms with van der Waals surface area (Å²) in [5, 5.41) is 0. The zero-order valence-electron chi connectivity index (χ0n) is 17.3. The molecule has 0 aromatic heterocycles. The number of carbonyl (C=O) groups excluding carboxylic acids is 2. The van der Waals surface area contributed by atoms with E-state index in [1.165, 1.54) is 0 Å². The molecule has 1 aromatic carbocycles. The molecule has 1 heterocycles. The molecule has 1 aromatic rings. The van der Waals surface area contributed by atoms with Gasteiger partial charge in [0, 0.05) is 39.8 Å². The number of methoxy groups -OCH3 is 1. The molecule has 0 spiro atoms. The standard InChI is InChI=1S/C21H33N3O3/c1-6-7-12-22(4)19(25)21(2,3)20(26)24-15-13-23(14-16-24)17-10-8-9-11-18(17)27-5/h8-11H,6-7,12-16H2,1-5H3. The van der Waals surface area contributed by atoms with Crippen LogP contribution in [0.1, 0.15) is 33.6 Å². The van der Waals surface area contributed by atoms with Crippen molar-refractivity contribution in [3.8, 4) is 5.75 Å². The van der Waals surface area contributed by atoms with Gasteiger partial charge in [0.15, 0.2) is 0 Å². The van der Waals surface area contributed by atoms with Gasteiger partial charge in [-0.15, -0.1) is 0 Å². The van der Waals surface area contributed by atoms with Crippen molar-refractivity contribution in [1.82, 2.24) is 9.80 Å². The molecule has 6 heteroatoms. The number of amides is 2. The first-order valence-electron chi connectivity index (χ1n) is 9.75. The van der Waals surface area contributed by atoms with Crippen LogP contribution in [0.2, 0.25) is 0 Å². The minimum absolute atomic E-state index is 0.0875. The van der Waals surface area contributed by atoms with Crippen LogP contribution in [0, 0.1) is 5.41 Å². The lowest BCUT2D eigenvalue weighted by Crippen LogP contribution is -2.55. The molecule has 1 aliphatic rings. The fraction of sp³-hybridized carbons (Fsp3) is 0.619. The predicted octanol–water partition coefficient (Wildman–Crippen LogP) is 2.63. The summed E-state index contributed by atoms with van der Waals surface area (Å²) in [4.78, 5) is 31.5. The highest BCUT2D eigenvalue weighted by atomic mass is 16.5. The normalized spacial score (nSPS) is 14.9. The third-order valence-electron chi connectivity index (χ3n) is 5.26. The number of carbonyl (C=O) groups is 2. The van der Waals surface area contributed by atoms with Crippen LogP contribution in [0.15, 0.2) is 24.3 Å². The maximum Gasteiger partial charge on any atom is 0.237 e. The van der Waals surface area contributed by atoms with E-state index in [1.807, 2.05) is 29.2 Å². The van der Waals surface area contributed by atoms with Crippen molar-refractivity contribution in [2.24, 2.45) is 5.41 Å². The van der Waals surface area contributed by atoms with E-state index in [0.717, 1.165) is 37.4 Å². The third kappa shape index (κ3) is 4.73. The highest BCUT2D eigenvalue weighted by molar-refractivity contribution is 6.04. The van der Waals surface area contributed by atoms with Gasteiger partial charge in [0.25, 0.3) is 0 Å². The lowest BCUT2D eigenvalue weighted by Gasteiger charge is -2.40. The lowest BCUT2D eigenvalue weighted by molar-refractivity contribution is -0.153. The first kappa shape index (κ1) is 21.1. The SMILES string of the molecule is CCCCN(C)C(=O)C(C)(C)C(=O)N1CCN(c2ccccc2OC)CC1. The summed E-state index contributed by atoms with van der Waals surface area (Å²) in [6.07, 6.45) is 1.97. The average molecular weight is 376 g/mol. The number of para-hydroxylation sites is 2. The quantitative estimate of drug-likeness (QED) is 0.688. The number of ether oxygens (including phenoxy) is 1. The molecule has 0 saturated carbocycles. The van der Waals surface area contributed by atoms with Gasteiger partial charge in [0.05, 0.1) is 12.8 Å². The van der Waals surface area contributed by atoms with Crippen LogP contribution < -0.4 is 9.64 Å². The third-order valence-corrected chi connectivity index (χ3v) is 5.26. The Hall–Kier alpha value is -2.24. The van der Waals surface area contributed by atoms with Crippen LogP contribution in [0.4, 0.5) is 5.69 Å². The number of anilines is 1. The Morgan fingerprint density at radius 1 is 1.15 bits per heavy atom. The van der Waals surface area contributed by atoms with Gasteiger partial charge in [-0.3, -0.25) is 9.59 Å². The van der Waals surface area contributed by atoms with Crippen molar-refractivity contribution >= 4 is 17.5 Å². The van der Waals surface area contributed by atoms with Gasteiger partial charge in [-0.05, 0) is 32.4 Å². The summed E-state index contributed by atoms with van der Waals surface area (Å²) in [6, 6.07) is 7.92. The zero-order chi connectivity index (χ0) is 20.0. The van der Waals surface area contributed by atoms with Gasteiger partial charge in [-0.25, -0.2) is 0 Å². The Bertz CT molecular complexity index is 652. The van der Waals surface area contributed by atoms with Crippen molar-refractivity contribution < 1.29 is 14.3 Å². The molecular formula is C21H33N3O3. The Labute approximate surface area is 163 Å². The van der Waals surface area contributed by atoms with Crippen LogP contribution in [-0.2, 0) is 9.59 Å². The predicted molar refractivity (Wildman–Crippen MR) is 108 cm³/mol. The number of benzene rings is 1. The molecule has 0 bridgehead atoms. The summed E-state index contributed by atoms with van der Waals surface area (Å²) in [5.41, 5.74) is 0.0106. The lowest BCUT2D eigenvalue weighted by atomic mass is 9.89. The largest absolute Gasteiger partial charge is 0.495 e. The molecule has 0 unspecified atom stereocenters. The van der Waals surface area contributed by atoms with E-state index in [4.69, 9.17) is 4.74 Å². The molecule has 2 amide bonds. The molecule has 1 fully saturated rings. The molecule has 0 aliphatic carbocycles.